The third kappa shape index (κ3) is 4.87. The molecule has 3 N–H and O–H groups in total. The van der Waals surface area contributed by atoms with Crippen LogP contribution >= 0.6 is 23.7 Å². The van der Waals surface area contributed by atoms with Crippen LogP contribution in [0.4, 0.5) is 5.13 Å². The smallest absolute Gasteiger partial charge is 0.226 e. The van der Waals surface area contributed by atoms with E-state index in [1.165, 1.54) is 16.8 Å². The Bertz CT molecular complexity index is 584. The second-order valence-electron chi connectivity index (χ2n) is 6.55. The number of halogens is 1. The van der Waals surface area contributed by atoms with Crippen LogP contribution in [0.2, 0.25) is 0 Å². The zero-order valence-corrected chi connectivity index (χ0v) is 15.6. The van der Waals surface area contributed by atoms with Gasteiger partial charge in [0, 0.05) is 37.9 Å². The number of aromatic nitrogens is 2. The highest BCUT2D eigenvalue weighted by molar-refractivity contribution is 7.13. The number of hydrogen-bond acceptors (Lipinski definition) is 7. The van der Waals surface area contributed by atoms with Gasteiger partial charge in [-0.25, -0.2) is 0 Å². The van der Waals surface area contributed by atoms with E-state index in [1.807, 2.05) is 0 Å². The van der Waals surface area contributed by atoms with Crippen molar-refractivity contribution in [2.24, 2.45) is 5.41 Å². The predicted molar refractivity (Wildman–Crippen MR) is 96.8 cm³/mol. The van der Waals surface area contributed by atoms with E-state index in [2.05, 4.69) is 20.8 Å². The molecular weight excluding hydrogens is 366 g/mol. The van der Waals surface area contributed by atoms with Gasteiger partial charge in [-0.05, 0) is 25.8 Å². The lowest BCUT2D eigenvalue weighted by molar-refractivity contribution is -0.139. The summed E-state index contributed by atoms with van der Waals surface area (Å²) in [5.74, 6) is -0.259. The third-order valence-corrected chi connectivity index (χ3v) is 5.52. The summed E-state index contributed by atoms with van der Waals surface area (Å²) in [5, 5.41) is 24.2. The minimum atomic E-state index is -0.366. The van der Waals surface area contributed by atoms with Gasteiger partial charge in [0.1, 0.15) is 5.51 Å². The molecule has 1 spiro atoms. The normalized spacial score (nSPS) is 26.1. The number of carbonyl (C=O) groups is 2. The van der Waals surface area contributed by atoms with Crippen LogP contribution in [0.3, 0.4) is 0 Å². The number of nitrogens with one attached hydrogen (secondary N) is 2. The molecule has 25 heavy (non-hydrogen) atoms. The van der Waals surface area contributed by atoms with Gasteiger partial charge in [-0.2, -0.15) is 0 Å². The zero-order valence-electron chi connectivity index (χ0n) is 13.9. The molecule has 1 aromatic heterocycles. The summed E-state index contributed by atoms with van der Waals surface area (Å²) in [4.78, 5) is 26.1. The second kappa shape index (κ2) is 8.88. The first-order chi connectivity index (χ1) is 11.6. The fourth-order valence-electron chi connectivity index (χ4n) is 3.58. The molecule has 140 valence electrons. The van der Waals surface area contributed by atoms with Crippen molar-refractivity contribution in [1.82, 2.24) is 20.4 Å². The van der Waals surface area contributed by atoms with E-state index in [0.29, 0.717) is 18.2 Å². The number of aliphatic hydroxyl groups is 1. The van der Waals surface area contributed by atoms with Crippen molar-refractivity contribution < 1.29 is 14.7 Å². The molecule has 0 saturated carbocycles. The van der Waals surface area contributed by atoms with E-state index >= 15 is 0 Å². The molecule has 2 amide bonds. The Morgan fingerprint density at radius 1 is 1.48 bits per heavy atom. The summed E-state index contributed by atoms with van der Waals surface area (Å²) in [7, 11) is 0. The lowest BCUT2D eigenvalue weighted by Gasteiger charge is -2.48. The number of likely N-dealkylation sites (tertiary alicyclic amines) is 1. The molecule has 0 unspecified atom stereocenters. The van der Waals surface area contributed by atoms with Crippen LogP contribution in [-0.2, 0) is 9.59 Å². The molecular formula is C15H24ClN5O3S. The summed E-state index contributed by atoms with van der Waals surface area (Å²) in [5.41, 5.74) is 1.30. The number of amides is 2. The van der Waals surface area contributed by atoms with Crippen molar-refractivity contribution in [3.63, 3.8) is 0 Å². The molecule has 1 aromatic rings. The summed E-state index contributed by atoms with van der Waals surface area (Å²) in [6.07, 6.45) is 2.48. The van der Waals surface area contributed by atoms with E-state index < -0.39 is 0 Å². The van der Waals surface area contributed by atoms with Gasteiger partial charge in [-0.15, -0.1) is 22.6 Å². The van der Waals surface area contributed by atoms with Crippen molar-refractivity contribution >= 4 is 40.7 Å². The maximum Gasteiger partial charge on any atom is 0.226 e. The van der Waals surface area contributed by atoms with Crippen molar-refractivity contribution in [3.05, 3.63) is 5.51 Å². The highest BCUT2D eigenvalue weighted by atomic mass is 35.5. The number of aliphatic hydroxyl groups excluding tert-OH is 1. The Morgan fingerprint density at radius 2 is 2.32 bits per heavy atom. The molecule has 0 radical (unpaired) electrons. The van der Waals surface area contributed by atoms with Crippen LogP contribution in [0.1, 0.15) is 32.1 Å². The van der Waals surface area contributed by atoms with Gasteiger partial charge in [0.15, 0.2) is 0 Å². The Morgan fingerprint density at radius 3 is 3.04 bits per heavy atom. The van der Waals surface area contributed by atoms with Gasteiger partial charge in [0.05, 0.1) is 6.10 Å². The summed E-state index contributed by atoms with van der Waals surface area (Å²) in [6, 6.07) is 0. The van der Waals surface area contributed by atoms with E-state index in [4.69, 9.17) is 0 Å². The topological polar surface area (TPSA) is 107 Å². The number of piperidine rings is 2. The van der Waals surface area contributed by atoms with Crippen molar-refractivity contribution in [1.29, 1.82) is 0 Å². The Kier molecular flexibility index (Phi) is 7.12. The molecule has 2 aliphatic rings. The SMILES string of the molecule is Cl.O=C(CCC(=O)N1CCC[C@]2(CNCC[C@@H]2O)C1)Nc1nncs1. The number of hydrogen-bond donors (Lipinski definition) is 3. The molecule has 2 fully saturated rings. The largest absolute Gasteiger partial charge is 0.392 e. The Labute approximate surface area is 156 Å². The van der Waals surface area contributed by atoms with Crippen LogP contribution in [0.25, 0.3) is 0 Å². The Balaban J connectivity index is 0.00000225. The fraction of sp³-hybridized carbons (Fsp3) is 0.733. The van der Waals surface area contributed by atoms with Crippen molar-refractivity contribution in [2.75, 3.05) is 31.5 Å². The first kappa shape index (κ1) is 20.0. The van der Waals surface area contributed by atoms with Gasteiger partial charge in [0.2, 0.25) is 16.9 Å². The van der Waals surface area contributed by atoms with E-state index in [0.717, 1.165) is 32.4 Å². The molecule has 2 aliphatic heterocycles. The molecule has 10 heteroatoms. The van der Waals surface area contributed by atoms with Gasteiger partial charge >= 0.3 is 0 Å². The predicted octanol–water partition coefficient (Wildman–Crippen LogP) is 0.642. The first-order valence-electron chi connectivity index (χ1n) is 8.32. The summed E-state index contributed by atoms with van der Waals surface area (Å²) >= 11 is 1.24. The summed E-state index contributed by atoms with van der Waals surface area (Å²) < 4.78 is 0. The van der Waals surface area contributed by atoms with Gasteiger partial charge in [-0.1, -0.05) is 11.3 Å². The van der Waals surface area contributed by atoms with Crippen LogP contribution < -0.4 is 10.6 Å². The van der Waals surface area contributed by atoms with Crippen LogP contribution in [0.15, 0.2) is 5.51 Å². The fourth-order valence-corrected chi connectivity index (χ4v) is 4.04. The minimum Gasteiger partial charge on any atom is -0.392 e. The zero-order chi connectivity index (χ0) is 17.0. The maximum atomic E-state index is 12.5. The number of rotatable bonds is 4. The minimum absolute atomic E-state index is 0. The number of carbonyl (C=O) groups excluding carboxylic acids is 2. The molecule has 8 nitrogen and oxygen atoms in total. The van der Waals surface area contributed by atoms with Crippen LogP contribution in [0, 0.1) is 5.41 Å². The lowest BCUT2D eigenvalue weighted by atomic mass is 9.72. The van der Waals surface area contributed by atoms with Gasteiger partial charge in [-0.3, -0.25) is 9.59 Å². The Hall–Kier alpha value is -1.29. The van der Waals surface area contributed by atoms with Crippen molar-refractivity contribution in [2.45, 2.75) is 38.2 Å². The molecule has 3 rings (SSSR count). The molecule has 3 heterocycles. The quantitative estimate of drug-likeness (QED) is 0.697. The lowest BCUT2D eigenvalue weighted by Crippen LogP contribution is -2.58. The van der Waals surface area contributed by atoms with Gasteiger partial charge in [0.25, 0.3) is 0 Å². The third-order valence-electron chi connectivity index (χ3n) is 4.91. The van der Waals surface area contributed by atoms with Crippen LogP contribution in [0.5, 0.6) is 0 Å². The van der Waals surface area contributed by atoms with E-state index in [-0.39, 0.29) is 48.6 Å². The first-order valence-corrected chi connectivity index (χ1v) is 9.20. The average Bonchev–Trinajstić information content (AvgIpc) is 3.09. The van der Waals surface area contributed by atoms with Gasteiger partial charge < -0.3 is 20.6 Å². The molecule has 2 saturated heterocycles. The molecule has 0 bridgehead atoms. The van der Waals surface area contributed by atoms with E-state index in [9.17, 15) is 14.7 Å². The molecule has 0 aliphatic carbocycles. The van der Waals surface area contributed by atoms with Crippen molar-refractivity contribution in [3.8, 4) is 0 Å². The average molecular weight is 390 g/mol. The summed E-state index contributed by atoms with van der Waals surface area (Å²) in [6.45, 7) is 2.83. The van der Waals surface area contributed by atoms with E-state index in [1.54, 1.807) is 4.90 Å². The monoisotopic (exact) mass is 389 g/mol. The molecule has 2 atom stereocenters. The highest BCUT2D eigenvalue weighted by Crippen LogP contribution is 2.36. The number of anilines is 1. The molecule has 0 aromatic carbocycles. The number of nitrogens with zero attached hydrogens (tertiary/aromatic N) is 3. The van der Waals surface area contributed by atoms with Crippen LogP contribution in [-0.4, -0.2) is 64.3 Å². The standard InChI is InChI=1S/C15H23N5O3S.ClH/c21-11-4-6-16-8-15(11)5-1-7-20(9-15)13(23)3-2-12(22)18-14-19-17-10-24-14;/h10-11,16,21H,1-9H2,(H,18,19,22);1H/t11-,15-;/m0./s1. The second-order valence-corrected chi connectivity index (χ2v) is 7.39. The maximum absolute atomic E-state index is 12.5. The highest BCUT2D eigenvalue weighted by Gasteiger charge is 2.43.